The number of ether oxygens (including phenoxy) is 1. The zero-order chi connectivity index (χ0) is 28.1. The fraction of sp³-hybridized carbons (Fsp3) is 0.471. The van der Waals surface area contributed by atoms with Crippen molar-refractivity contribution in [1.82, 2.24) is 4.90 Å². The van der Waals surface area contributed by atoms with Crippen LogP contribution < -0.4 is 0 Å². The van der Waals surface area contributed by atoms with Crippen molar-refractivity contribution in [3.8, 4) is 0 Å². The van der Waals surface area contributed by atoms with Gasteiger partial charge in [0.15, 0.2) is 0 Å². The van der Waals surface area contributed by atoms with Crippen molar-refractivity contribution in [3.05, 3.63) is 96.7 Å². The Labute approximate surface area is 241 Å². The van der Waals surface area contributed by atoms with Crippen molar-refractivity contribution in [1.29, 1.82) is 0 Å². The average molecular weight is 550 g/mol. The molecule has 5 heteroatoms. The standard InChI is InChI=1S/C34H47NO3S/c1-4-6-7-8-9-10-11-12-13-14-15-16-17-18-19-20-21-25-28-39-31(5-2)33(36)35-29(3)32(38-34(35)37)30-26-23-22-24-27-30/h6-7,9-10,12-13,15-16,18-19,22-24,26-27,29,31-32H,4-5,8,11,14,17,20-21,25,28H2,1-3H3/b7-6-,10-9-,13-12?,16-15-,19-18-/t29-,31-,32-/m0/s1. The smallest absolute Gasteiger partial charge is 0.417 e. The molecule has 1 aromatic rings. The van der Waals surface area contributed by atoms with Gasteiger partial charge in [-0.2, -0.15) is 0 Å². The Morgan fingerprint density at radius 1 is 0.872 bits per heavy atom. The lowest BCUT2D eigenvalue weighted by atomic mass is 10.0. The molecular formula is C34H47NO3S. The molecule has 1 fully saturated rings. The number of imide groups is 1. The van der Waals surface area contributed by atoms with Crippen LogP contribution in [-0.2, 0) is 9.53 Å². The molecule has 3 atom stereocenters. The number of unbranched alkanes of at least 4 members (excludes halogenated alkanes) is 2. The van der Waals surface area contributed by atoms with Gasteiger partial charge in [-0.3, -0.25) is 4.79 Å². The van der Waals surface area contributed by atoms with Gasteiger partial charge in [-0.05, 0) is 76.0 Å². The molecule has 0 radical (unpaired) electrons. The number of thioether (sulfide) groups is 1. The molecule has 2 rings (SSSR count). The molecule has 212 valence electrons. The monoisotopic (exact) mass is 549 g/mol. The second-order valence-electron chi connectivity index (χ2n) is 9.64. The van der Waals surface area contributed by atoms with Crippen molar-refractivity contribution < 1.29 is 14.3 Å². The maximum absolute atomic E-state index is 13.2. The number of allylic oxidation sites excluding steroid dienone is 10. The van der Waals surface area contributed by atoms with E-state index in [9.17, 15) is 9.59 Å². The molecule has 2 amide bonds. The van der Waals surface area contributed by atoms with Crippen LogP contribution in [0.2, 0.25) is 0 Å². The fourth-order valence-corrected chi connectivity index (χ4v) is 5.47. The van der Waals surface area contributed by atoms with Crippen LogP contribution in [0.4, 0.5) is 4.79 Å². The first kappa shape index (κ1) is 32.4. The molecule has 0 aromatic heterocycles. The largest absolute Gasteiger partial charge is 0.439 e. The molecular weight excluding hydrogens is 502 g/mol. The number of cyclic esters (lactones) is 1. The zero-order valence-electron chi connectivity index (χ0n) is 24.0. The highest BCUT2D eigenvalue weighted by atomic mass is 32.2. The van der Waals surface area contributed by atoms with Gasteiger partial charge in [-0.1, -0.05) is 105 Å². The molecule has 0 bridgehead atoms. The van der Waals surface area contributed by atoms with Crippen LogP contribution in [0.5, 0.6) is 0 Å². The topological polar surface area (TPSA) is 46.6 Å². The van der Waals surface area contributed by atoms with E-state index in [0.717, 1.165) is 62.7 Å². The Balaban J connectivity index is 1.57. The highest BCUT2D eigenvalue weighted by Crippen LogP contribution is 2.34. The van der Waals surface area contributed by atoms with Crippen LogP contribution in [0.15, 0.2) is 91.1 Å². The summed E-state index contributed by atoms with van der Waals surface area (Å²) in [5.41, 5.74) is 0.921. The molecule has 0 saturated carbocycles. The van der Waals surface area contributed by atoms with E-state index in [-0.39, 0.29) is 17.2 Å². The summed E-state index contributed by atoms with van der Waals surface area (Å²) in [5.74, 6) is 0.783. The maximum Gasteiger partial charge on any atom is 0.417 e. The Hall–Kier alpha value is -2.79. The Bertz CT molecular complexity index is 979. The summed E-state index contributed by atoms with van der Waals surface area (Å²) in [6.07, 6.45) is 30.2. The van der Waals surface area contributed by atoms with Crippen molar-refractivity contribution in [2.45, 2.75) is 96.0 Å². The third kappa shape index (κ3) is 12.3. The van der Waals surface area contributed by atoms with Crippen LogP contribution in [-0.4, -0.2) is 33.9 Å². The number of carbonyl (C=O) groups is 2. The summed E-state index contributed by atoms with van der Waals surface area (Å²) >= 11 is 1.66. The number of benzene rings is 1. The second kappa shape index (κ2) is 20.2. The van der Waals surface area contributed by atoms with Crippen molar-refractivity contribution in [2.75, 3.05) is 5.75 Å². The molecule has 0 aliphatic carbocycles. The van der Waals surface area contributed by atoms with E-state index in [1.165, 1.54) is 4.90 Å². The van der Waals surface area contributed by atoms with E-state index in [2.05, 4.69) is 67.7 Å². The van der Waals surface area contributed by atoms with Gasteiger partial charge in [0.1, 0.15) is 6.10 Å². The molecule has 0 N–H and O–H groups in total. The lowest BCUT2D eigenvalue weighted by Gasteiger charge is -2.23. The molecule has 0 spiro atoms. The number of hydrogen-bond acceptors (Lipinski definition) is 4. The van der Waals surface area contributed by atoms with Gasteiger partial charge in [0.2, 0.25) is 5.91 Å². The third-order valence-electron chi connectivity index (χ3n) is 6.52. The van der Waals surface area contributed by atoms with Gasteiger partial charge in [-0.15, -0.1) is 11.8 Å². The van der Waals surface area contributed by atoms with Gasteiger partial charge < -0.3 is 4.74 Å². The summed E-state index contributed by atoms with van der Waals surface area (Å²) in [7, 11) is 0. The van der Waals surface area contributed by atoms with Gasteiger partial charge >= 0.3 is 6.09 Å². The van der Waals surface area contributed by atoms with Crippen LogP contribution in [0.1, 0.15) is 90.2 Å². The number of amides is 2. The van der Waals surface area contributed by atoms with Crippen molar-refractivity contribution >= 4 is 23.8 Å². The normalized spacial score (nSPS) is 18.9. The van der Waals surface area contributed by atoms with E-state index < -0.39 is 12.2 Å². The fourth-order valence-electron chi connectivity index (χ4n) is 4.32. The average Bonchev–Trinajstić information content (AvgIpc) is 3.25. The number of carbonyl (C=O) groups excluding carboxylic acids is 2. The number of hydrogen-bond donors (Lipinski definition) is 0. The van der Waals surface area contributed by atoms with Gasteiger partial charge in [0.05, 0.1) is 11.3 Å². The van der Waals surface area contributed by atoms with E-state index in [1.54, 1.807) is 11.8 Å². The predicted molar refractivity (Wildman–Crippen MR) is 167 cm³/mol. The summed E-state index contributed by atoms with van der Waals surface area (Å²) in [4.78, 5) is 27.0. The van der Waals surface area contributed by atoms with Crippen LogP contribution >= 0.6 is 11.8 Å². The molecule has 4 nitrogen and oxygen atoms in total. The van der Waals surface area contributed by atoms with Crippen LogP contribution in [0, 0.1) is 0 Å². The first-order chi connectivity index (χ1) is 19.1. The predicted octanol–water partition coefficient (Wildman–Crippen LogP) is 9.53. The first-order valence-corrected chi connectivity index (χ1v) is 15.6. The lowest BCUT2D eigenvalue weighted by molar-refractivity contribution is -0.128. The minimum atomic E-state index is -0.529. The van der Waals surface area contributed by atoms with E-state index in [1.807, 2.05) is 44.2 Å². The van der Waals surface area contributed by atoms with E-state index >= 15 is 0 Å². The minimum Gasteiger partial charge on any atom is -0.439 e. The Morgan fingerprint density at radius 2 is 1.44 bits per heavy atom. The Morgan fingerprint density at radius 3 is 2.00 bits per heavy atom. The van der Waals surface area contributed by atoms with Crippen LogP contribution in [0.3, 0.4) is 0 Å². The molecule has 1 heterocycles. The highest BCUT2D eigenvalue weighted by molar-refractivity contribution is 8.00. The minimum absolute atomic E-state index is 0.128. The molecule has 1 aromatic carbocycles. The van der Waals surface area contributed by atoms with Crippen LogP contribution in [0.25, 0.3) is 0 Å². The van der Waals surface area contributed by atoms with Gasteiger partial charge in [-0.25, -0.2) is 9.69 Å². The lowest BCUT2D eigenvalue weighted by Crippen LogP contribution is -2.42. The molecule has 39 heavy (non-hydrogen) atoms. The summed E-state index contributed by atoms with van der Waals surface area (Å²) < 4.78 is 5.57. The first-order valence-electron chi connectivity index (χ1n) is 14.5. The second-order valence-corrected chi connectivity index (χ2v) is 10.9. The number of nitrogens with zero attached hydrogens (tertiary/aromatic N) is 1. The van der Waals surface area contributed by atoms with E-state index in [0.29, 0.717) is 6.42 Å². The van der Waals surface area contributed by atoms with Crippen molar-refractivity contribution in [2.24, 2.45) is 0 Å². The molecule has 1 aliphatic heterocycles. The van der Waals surface area contributed by atoms with Crippen molar-refractivity contribution in [3.63, 3.8) is 0 Å². The van der Waals surface area contributed by atoms with Gasteiger partial charge in [0.25, 0.3) is 0 Å². The SMILES string of the molecule is CC/C=C\C/C=C\CC=CC/C=C\C/C=C\CCCCS[C@@H](CC)C(=O)N1C(=O)O[C@H](c2ccccc2)[C@@H]1C. The number of rotatable bonds is 18. The third-order valence-corrected chi connectivity index (χ3v) is 7.99. The highest BCUT2D eigenvalue weighted by Gasteiger charge is 2.44. The molecule has 1 saturated heterocycles. The van der Waals surface area contributed by atoms with E-state index in [4.69, 9.17) is 4.74 Å². The zero-order valence-corrected chi connectivity index (χ0v) is 24.9. The summed E-state index contributed by atoms with van der Waals surface area (Å²) in [5, 5.41) is -0.219. The Kier molecular flexibility index (Phi) is 16.8. The summed E-state index contributed by atoms with van der Waals surface area (Å²) in [6.45, 7) is 6.05. The molecule has 1 aliphatic rings. The maximum atomic E-state index is 13.2. The quantitative estimate of drug-likeness (QED) is 0.135. The molecule has 0 unspecified atom stereocenters. The summed E-state index contributed by atoms with van der Waals surface area (Å²) in [6, 6.07) is 9.34. The van der Waals surface area contributed by atoms with Gasteiger partial charge in [0, 0.05) is 0 Å².